The topological polar surface area (TPSA) is 107 Å². The third-order valence-corrected chi connectivity index (χ3v) is 9.13. The maximum Gasteiger partial charge on any atom is 0.206 e. The molecule has 0 heterocycles. The van der Waals surface area contributed by atoms with E-state index >= 15 is 0 Å². The van der Waals surface area contributed by atoms with E-state index in [1.165, 1.54) is 43.3 Å². The predicted molar refractivity (Wildman–Crippen MR) is 130 cm³/mol. The van der Waals surface area contributed by atoms with Crippen LogP contribution in [0.2, 0.25) is 10.0 Å². The summed E-state index contributed by atoms with van der Waals surface area (Å²) in [5.41, 5.74) is 0. The summed E-state index contributed by atoms with van der Waals surface area (Å²) in [6.07, 6.45) is -1.20. The molecule has 2 aromatic carbocycles. The number of rotatable bonds is 12. The van der Waals surface area contributed by atoms with Gasteiger partial charge in [-0.3, -0.25) is 0 Å². The summed E-state index contributed by atoms with van der Waals surface area (Å²) in [4.78, 5) is -0.135. The Morgan fingerprint density at radius 3 is 2.03 bits per heavy atom. The van der Waals surface area contributed by atoms with Crippen molar-refractivity contribution in [2.45, 2.75) is 29.7 Å². The highest BCUT2D eigenvalue weighted by Gasteiger charge is 2.22. The van der Waals surface area contributed by atoms with Crippen LogP contribution in [0.4, 0.5) is 0 Å². The Morgan fingerprint density at radius 1 is 0.939 bits per heavy atom. The predicted octanol–water partition coefficient (Wildman–Crippen LogP) is 4.25. The lowest BCUT2D eigenvalue weighted by atomic mass is 10.2. The average Bonchev–Trinajstić information content (AvgIpc) is 2.76. The molecule has 0 aliphatic carbocycles. The smallest absolute Gasteiger partial charge is 0.206 e. The van der Waals surface area contributed by atoms with Crippen LogP contribution >= 0.6 is 34.8 Å². The van der Waals surface area contributed by atoms with Gasteiger partial charge in [0.1, 0.15) is 18.5 Å². The van der Waals surface area contributed by atoms with E-state index in [1.807, 2.05) is 6.92 Å². The van der Waals surface area contributed by atoms with Crippen molar-refractivity contribution in [3.63, 3.8) is 0 Å². The molecule has 0 aliphatic heterocycles. The first-order valence-electron chi connectivity index (χ1n) is 9.93. The lowest BCUT2D eigenvalue weighted by Crippen LogP contribution is -2.27. The van der Waals surface area contributed by atoms with Crippen molar-refractivity contribution in [2.75, 3.05) is 30.6 Å². The molecule has 12 heteroatoms. The van der Waals surface area contributed by atoms with Crippen molar-refractivity contribution >= 4 is 54.5 Å². The molecule has 7 nitrogen and oxygen atoms in total. The average molecular weight is 560 g/mol. The molecule has 0 saturated carbocycles. The van der Waals surface area contributed by atoms with Gasteiger partial charge in [-0.1, -0.05) is 37.0 Å². The monoisotopic (exact) mass is 558 g/mol. The molecule has 0 aliphatic rings. The Labute approximate surface area is 209 Å². The van der Waals surface area contributed by atoms with E-state index in [9.17, 15) is 21.9 Å². The minimum atomic E-state index is -3.94. The fourth-order valence-electron chi connectivity index (χ4n) is 2.60. The minimum absolute atomic E-state index is 0.0273. The third kappa shape index (κ3) is 7.90. The first-order chi connectivity index (χ1) is 15.4. The number of halogens is 3. The molecular formula is C21H25Cl3O7S2. The molecule has 0 amide bonds. The van der Waals surface area contributed by atoms with Gasteiger partial charge in [0.25, 0.3) is 0 Å². The molecule has 0 unspecified atom stereocenters. The van der Waals surface area contributed by atoms with E-state index in [-0.39, 0.29) is 56.2 Å². The molecule has 33 heavy (non-hydrogen) atoms. The van der Waals surface area contributed by atoms with E-state index in [0.717, 1.165) is 0 Å². The van der Waals surface area contributed by atoms with E-state index in [2.05, 4.69) is 0 Å². The Bertz CT molecular complexity index is 1130. The molecule has 0 fully saturated rings. The molecule has 0 saturated heterocycles. The van der Waals surface area contributed by atoms with Crippen molar-refractivity contribution in [3.05, 3.63) is 46.4 Å². The Hall–Kier alpha value is -1.23. The molecule has 184 valence electrons. The Balaban J connectivity index is 2.14. The van der Waals surface area contributed by atoms with E-state index in [1.54, 1.807) is 0 Å². The van der Waals surface area contributed by atoms with Crippen LogP contribution in [0.3, 0.4) is 0 Å². The highest BCUT2D eigenvalue weighted by atomic mass is 35.5. The SMILES string of the molecule is CCS(=O)(=O)C[C@H](O)COc1ccc(S(=O)(=O)c2cc(Cl)c(OC[C@H](C)CCl)c(Cl)c2)cc1. The number of benzene rings is 2. The van der Waals surface area contributed by atoms with Gasteiger partial charge < -0.3 is 14.6 Å². The summed E-state index contributed by atoms with van der Waals surface area (Å²) in [5, 5.41) is 9.93. The van der Waals surface area contributed by atoms with Crippen molar-refractivity contribution < 1.29 is 31.4 Å². The molecule has 0 spiro atoms. The third-order valence-electron chi connectivity index (χ3n) is 4.52. The van der Waals surface area contributed by atoms with Crippen molar-refractivity contribution in [1.82, 2.24) is 0 Å². The second kappa shape index (κ2) is 12.0. The number of aliphatic hydroxyl groups excluding tert-OH is 1. The lowest BCUT2D eigenvalue weighted by Gasteiger charge is -2.15. The maximum atomic E-state index is 13.0. The van der Waals surface area contributed by atoms with Gasteiger partial charge >= 0.3 is 0 Å². The second-order valence-corrected chi connectivity index (χ2v) is 12.9. The molecule has 1 N–H and O–H groups in total. The van der Waals surface area contributed by atoms with Gasteiger partial charge in [-0.15, -0.1) is 11.6 Å². The van der Waals surface area contributed by atoms with Gasteiger partial charge in [-0.05, 0) is 36.4 Å². The molecule has 0 aromatic heterocycles. The van der Waals surface area contributed by atoms with Crippen LogP contribution in [-0.2, 0) is 19.7 Å². The van der Waals surface area contributed by atoms with Gasteiger partial charge in [-0.2, -0.15) is 0 Å². The van der Waals surface area contributed by atoms with Crippen molar-refractivity contribution in [1.29, 1.82) is 0 Å². The summed E-state index contributed by atoms with van der Waals surface area (Å²) < 4.78 is 60.0. The van der Waals surface area contributed by atoms with Crippen molar-refractivity contribution in [2.24, 2.45) is 5.92 Å². The molecule has 0 bridgehead atoms. The van der Waals surface area contributed by atoms with Gasteiger partial charge in [0.15, 0.2) is 15.6 Å². The normalized spacial score (nSPS) is 14.0. The number of hydrogen-bond donors (Lipinski definition) is 1. The van der Waals surface area contributed by atoms with Crippen LogP contribution in [0.1, 0.15) is 13.8 Å². The summed E-state index contributed by atoms with van der Waals surface area (Å²) in [7, 11) is -7.29. The van der Waals surface area contributed by atoms with Gasteiger partial charge in [-0.25, -0.2) is 16.8 Å². The summed E-state index contributed by atoms with van der Waals surface area (Å²) in [5.74, 6) is 0.404. The number of aliphatic hydroxyl groups is 1. The Morgan fingerprint density at radius 2 is 1.52 bits per heavy atom. The number of sulfone groups is 2. The van der Waals surface area contributed by atoms with Crippen LogP contribution in [0.15, 0.2) is 46.2 Å². The van der Waals surface area contributed by atoms with Crippen LogP contribution in [0.25, 0.3) is 0 Å². The van der Waals surface area contributed by atoms with Crippen LogP contribution in [0, 0.1) is 5.92 Å². The maximum absolute atomic E-state index is 13.0. The zero-order valence-corrected chi connectivity index (χ0v) is 21.9. The van der Waals surface area contributed by atoms with E-state index in [4.69, 9.17) is 44.3 Å². The Kier molecular flexibility index (Phi) is 10.1. The second-order valence-electron chi connectivity index (χ2n) is 7.43. The quantitative estimate of drug-likeness (QED) is 0.387. The van der Waals surface area contributed by atoms with Crippen LogP contribution < -0.4 is 9.47 Å². The van der Waals surface area contributed by atoms with Crippen LogP contribution in [0.5, 0.6) is 11.5 Å². The van der Waals surface area contributed by atoms with Gasteiger partial charge in [0.2, 0.25) is 9.84 Å². The van der Waals surface area contributed by atoms with Gasteiger partial charge in [0, 0.05) is 17.6 Å². The number of ether oxygens (including phenoxy) is 2. The fraction of sp³-hybridized carbons (Fsp3) is 0.429. The lowest BCUT2D eigenvalue weighted by molar-refractivity contribution is 0.125. The highest BCUT2D eigenvalue weighted by molar-refractivity contribution is 7.91. The van der Waals surface area contributed by atoms with E-state index < -0.39 is 31.5 Å². The van der Waals surface area contributed by atoms with Crippen LogP contribution in [-0.4, -0.2) is 58.6 Å². The molecule has 0 radical (unpaired) electrons. The molecule has 2 rings (SSSR count). The number of alkyl halides is 1. The summed E-state index contributed by atoms with van der Waals surface area (Å²) in [6.45, 7) is 3.40. The van der Waals surface area contributed by atoms with E-state index in [0.29, 0.717) is 5.88 Å². The largest absolute Gasteiger partial charge is 0.491 e. The summed E-state index contributed by atoms with van der Waals surface area (Å²) >= 11 is 18.2. The van der Waals surface area contributed by atoms with Crippen molar-refractivity contribution in [3.8, 4) is 11.5 Å². The highest BCUT2D eigenvalue weighted by Crippen LogP contribution is 2.37. The first-order valence-corrected chi connectivity index (χ1v) is 14.5. The zero-order chi connectivity index (χ0) is 24.8. The first kappa shape index (κ1) is 28.0. The number of hydrogen-bond acceptors (Lipinski definition) is 7. The standard InChI is InChI=1S/C21H25Cl3O7S2/c1-3-32(26,27)13-15(25)12-30-16-4-6-17(7-5-16)33(28,29)18-8-19(23)21(20(24)9-18)31-11-14(2)10-22/h4-9,14-15,25H,3,10-13H2,1-2H3/t14-,15-/m1/s1. The molecule has 2 atom stereocenters. The molecular weight excluding hydrogens is 535 g/mol. The zero-order valence-electron chi connectivity index (χ0n) is 18.0. The van der Waals surface area contributed by atoms with Gasteiger partial charge in [0.05, 0.1) is 32.2 Å². The molecule has 2 aromatic rings. The fourth-order valence-corrected chi connectivity index (χ4v) is 5.65. The summed E-state index contributed by atoms with van der Waals surface area (Å²) in [6, 6.07) is 7.99. The minimum Gasteiger partial charge on any atom is -0.491 e.